The van der Waals surface area contributed by atoms with E-state index in [1.165, 1.54) is 12.2 Å². The second kappa shape index (κ2) is 13.0. The smallest absolute Gasteiger partial charge is 0.337 e. The molecule has 1 amide bonds. The van der Waals surface area contributed by atoms with E-state index in [0.717, 1.165) is 38.3 Å². The Bertz CT molecular complexity index is 1570. The van der Waals surface area contributed by atoms with Crippen LogP contribution in [0.4, 0.5) is 5.69 Å². The number of hydroxylamine groups is 2. The minimum absolute atomic E-state index is 0.0724. The molecule has 3 aromatic carbocycles. The molecule has 0 radical (unpaired) electrons. The van der Waals surface area contributed by atoms with Crippen molar-refractivity contribution in [1.82, 2.24) is 19.8 Å². The van der Waals surface area contributed by atoms with Crippen molar-refractivity contribution in [2.45, 2.75) is 0 Å². The number of aliphatic imine (C=N–C) groups is 1. The summed E-state index contributed by atoms with van der Waals surface area (Å²) in [6.07, 6.45) is 0. The molecule has 1 fully saturated rings. The van der Waals surface area contributed by atoms with Gasteiger partial charge in [-0.2, -0.15) is 0 Å². The first-order chi connectivity index (χ1) is 20.3. The fourth-order valence-corrected chi connectivity index (χ4v) is 4.96. The molecule has 2 N–H and O–H groups in total. The first kappa shape index (κ1) is 29.0. The molecule has 4 aromatic rings. The van der Waals surface area contributed by atoms with E-state index >= 15 is 0 Å². The number of benzene rings is 3. The van der Waals surface area contributed by atoms with Gasteiger partial charge in [0.1, 0.15) is 0 Å². The summed E-state index contributed by atoms with van der Waals surface area (Å²) in [5.74, 6) is -0.787. The van der Waals surface area contributed by atoms with Crippen LogP contribution in [-0.4, -0.2) is 103 Å². The van der Waals surface area contributed by atoms with Gasteiger partial charge in [-0.05, 0) is 43.4 Å². The topological polar surface area (TPSA) is 111 Å². The van der Waals surface area contributed by atoms with E-state index in [4.69, 9.17) is 14.6 Å². The predicted molar refractivity (Wildman–Crippen MR) is 161 cm³/mol. The van der Waals surface area contributed by atoms with E-state index in [1.807, 2.05) is 30.3 Å². The highest BCUT2D eigenvalue weighted by molar-refractivity contribution is 6.22. The van der Waals surface area contributed by atoms with Gasteiger partial charge in [0.15, 0.2) is 5.88 Å². The number of ether oxygens (including phenoxy) is 1. The molecule has 1 aliphatic rings. The Morgan fingerprint density at radius 2 is 1.64 bits per heavy atom. The van der Waals surface area contributed by atoms with Crippen molar-refractivity contribution in [1.29, 1.82) is 0 Å². The number of hydrogen-bond donors (Lipinski definition) is 2. The number of methoxy groups -OCH3 is 1. The van der Waals surface area contributed by atoms with Crippen molar-refractivity contribution in [3.8, 4) is 5.88 Å². The molecule has 5 rings (SSSR count). The fraction of sp³-hybridized carbons (Fsp3) is 0.281. The molecular formula is C32H35N5O5. The Balaban J connectivity index is 1.36. The van der Waals surface area contributed by atoms with Gasteiger partial charge in [-0.3, -0.25) is 14.5 Å². The molecular weight excluding hydrogens is 534 g/mol. The number of piperazine rings is 1. The molecule has 0 atom stereocenters. The minimum atomic E-state index is -0.467. The molecule has 10 heteroatoms. The summed E-state index contributed by atoms with van der Waals surface area (Å²) >= 11 is 0. The first-order valence-electron chi connectivity index (χ1n) is 13.8. The van der Waals surface area contributed by atoms with Gasteiger partial charge >= 0.3 is 5.97 Å². The predicted octanol–water partition coefficient (Wildman–Crippen LogP) is 4.08. The number of hydrogen-bond acceptors (Lipinski definition) is 8. The van der Waals surface area contributed by atoms with E-state index in [1.54, 1.807) is 49.5 Å². The Labute approximate surface area is 244 Å². The SMILES string of the molecule is COC(=O)c1ccc2c(C(=Nc3ccc(C(=O)N(C)OCCN4CCN(C)CC4)cc3)c3ccccc3)c(O)[nH]c2c1. The van der Waals surface area contributed by atoms with Crippen LogP contribution in [0.5, 0.6) is 5.88 Å². The molecule has 0 spiro atoms. The maximum absolute atomic E-state index is 13.0. The molecule has 1 aromatic heterocycles. The average molecular weight is 570 g/mol. The summed E-state index contributed by atoms with van der Waals surface area (Å²) in [4.78, 5) is 43.2. The molecule has 2 heterocycles. The van der Waals surface area contributed by atoms with Gasteiger partial charge in [0, 0.05) is 61.8 Å². The van der Waals surface area contributed by atoms with Crippen LogP contribution < -0.4 is 0 Å². The Morgan fingerprint density at radius 3 is 2.33 bits per heavy atom. The highest BCUT2D eigenvalue weighted by atomic mass is 16.7. The van der Waals surface area contributed by atoms with Gasteiger partial charge in [-0.1, -0.05) is 36.4 Å². The van der Waals surface area contributed by atoms with Crippen molar-refractivity contribution in [2.24, 2.45) is 4.99 Å². The van der Waals surface area contributed by atoms with Crippen molar-refractivity contribution in [2.75, 3.05) is 60.5 Å². The van der Waals surface area contributed by atoms with Crippen LogP contribution in [-0.2, 0) is 9.57 Å². The maximum atomic E-state index is 13.0. The highest BCUT2D eigenvalue weighted by Crippen LogP contribution is 2.32. The first-order valence-corrected chi connectivity index (χ1v) is 13.8. The highest BCUT2D eigenvalue weighted by Gasteiger charge is 2.21. The monoisotopic (exact) mass is 569 g/mol. The van der Waals surface area contributed by atoms with E-state index in [2.05, 4.69) is 21.8 Å². The van der Waals surface area contributed by atoms with Crippen LogP contribution in [0.25, 0.3) is 10.9 Å². The zero-order valence-corrected chi connectivity index (χ0v) is 24.0. The minimum Gasteiger partial charge on any atom is -0.494 e. The van der Waals surface area contributed by atoms with E-state index in [-0.39, 0.29) is 11.8 Å². The van der Waals surface area contributed by atoms with Crippen LogP contribution in [0.2, 0.25) is 0 Å². The average Bonchev–Trinajstić information content (AvgIpc) is 3.35. The van der Waals surface area contributed by atoms with Crippen molar-refractivity contribution in [3.63, 3.8) is 0 Å². The fourth-order valence-electron chi connectivity index (χ4n) is 4.96. The molecule has 0 bridgehead atoms. The lowest BCUT2D eigenvalue weighted by Crippen LogP contribution is -2.46. The zero-order valence-electron chi connectivity index (χ0n) is 24.0. The number of aromatic amines is 1. The maximum Gasteiger partial charge on any atom is 0.337 e. The number of rotatable bonds is 9. The zero-order chi connectivity index (χ0) is 29.6. The third kappa shape index (κ3) is 6.52. The summed E-state index contributed by atoms with van der Waals surface area (Å²) in [5, 5.41) is 12.9. The number of carbonyl (C=O) groups is 2. The number of amides is 1. The van der Waals surface area contributed by atoms with Crippen LogP contribution in [0.1, 0.15) is 31.8 Å². The van der Waals surface area contributed by atoms with Gasteiger partial charge in [0.25, 0.3) is 5.91 Å². The number of aromatic hydroxyl groups is 1. The molecule has 218 valence electrons. The molecule has 0 unspecified atom stereocenters. The standard InChI is InChI=1S/C32H35N5O5/c1-35-15-17-37(18-16-35)19-20-42-36(2)31(39)23-9-12-25(13-10-23)33-29(22-7-5-4-6-8-22)28-26-14-11-24(32(40)41-3)21-27(26)34-30(28)38/h4-14,21,34,38H,15-20H2,1-3H3. The third-order valence-corrected chi connectivity index (χ3v) is 7.41. The number of fused-ring (bicyclic) bond motifs is 1. The lowest BCUT2D eigenvalue weighted by atomic mass is 10.00. The Hall–Kier alpha value is -4.51. The quantitative estimate of drug-likeness (QED) is 0.178. The summed E-state index contributed by atoms with van der Waals surface area (Å²) in [7, 11) is 5.07. The molecule has 10 nitrogen and oxygen atoms in total. The van der Waals surface area contributed by atoms with Crippen LogP contribution in [0.15, 0.2) is 77.8 Å². The molecule has 0 saturated carbocycles. The van der Waals surface area contributed by atoms with Gasteiger partial charge in [0.2, 0.25) is 0 Å². The van der Waals surface area contributed by atoms with Gasteiger partial charge in [-0.15, -0.1) is 0 Å². The van der Waals surface area contributed by atoms with Crippen molar-refractivity contribution in [3.05, 3.63) is 95.1 Å². The molecule has 1 aliphatic heterocycles. The van der Waals surface area contributed by atoms with Crippen LogP contribution >= 0.6 is 0 Å². The second-order valence-corrected chi connectivity index (χ2v) is 10.3. The van der Waals surface area contributed by atoms with Gasteiger partial charge in [-0.25, -0.2) is 14.9 Å². The van der Waals surface area contributed by atoms with E-state index in [9.17, 15) is 14.7 Å². The van der Waals surface area contributed by atoms with Crippen molar-refractivity contribution < 1.29 is 24.3 Å². The van der Waals surface area contributed by atoms with E-state index in [0.29, 0.717) is 45.6 Å². The van der Waals surface area contributed by atoms with Crippen molar-refractivity contribution >= 4 is 34.2 Å². The van der Waals surface area contributed by atoms with Gasteiger partial charge in [0.05, 0.1) is 36.2 Å². The lowest BCUT2D eigenvalue weighted by molar-refractivity contribution is -0.111. The summed E-state index contributed by atoms with van der Waals surface area (Å²) in [6, 6.07) is 21.5. The molecule has 0 aliphatic carbocycles. The number of aromatic nitrogens is 1. The lowest BCUT2D eigenvalue weighted by Gasteiger charge is -2.32. The largest absolute Gasteiger partial charge is 0.494 e. The number of H-pyrrole nitrogens is 1. The number of carbonyl (C=O) groups excluding carboxylic acids is 2. The van der Waals surface area contributed by atoms with Crippen LogP contribution in [0.3, 0.4) is 0 Å². The summed E-state index contributed by atoms with van der Waals surface area (Å²) in [6.45, 7) is 5.26. The normalized spacial score (nSPS) is 14.7. The number of likely N-dealkylation sites (N-methyl/N-ethyl adjacent to an activating group) is 1. The van der Waals surface area contributed by atoms with E-state index < -0.39 is 5.97 Å². The number of nitrogens with zero attached hydrogens (tertiary/aromatic N) is 4. The van der Waals surface area contributed by atoms with Gasteiger partial charge < -0.3 is 19.7 Å². The second-order valence-electron chi connectivity index (χ2n) is 10.3. The summed E-state index contributed by atoms with van der Waals surface area (Å²) < 4.78 is 4.83. The van der Waals surface area contributed by atoms with Crippen LogP contribution in [0, 0.1) is 0 Å². The number of esters is 1. The molecule has 42 heavy (non-hydrogen) atoms. The number of nitrogens with one attached hydrogen (secondary N) is 1. The third-order valence-electron chi connectivity index (χ3n) is 7.41. The Morgan fingerprint density at radius 1 is 0.952 bits per heavy atom. The summed E-state index contributed by atoms with van der Waals surface area (Å²) in [5.41, 5.74) is 3.84. The molecule has 1 saturated heterocycles. The Kier molecular flexibility index (Phi) is 8.97.